The van der Waals surface area contributed by atoms with Gasteiger partial charge in [-0.2, -0.15) is 0 Å². The van der Waals surface area contributed by atoms with Crippen LogP contribution in [-0.2, 0) is 34.0 Å². The van der Waals surface area contributed by atoms with Crippen molar-refractivity contribution in [3.8, 4) is 5.75 Å². The molecule has 2 heterocycles. The molecule has 1 aromatic heterocycles. The van der Waals surface area contributed by atoms with Gasteiger partial charge in [-0.25, -0.2) is 9.37 Å². The fourth-order valence-corrected chi connectivity index (χ4v) is 4.22. The van der Waals surface area contributed by atoms with Crippen LogP contribution in [0.15, 0.2) is 60.9 Å². The van der Waals surface area contributed by atoms with Crippen LogP contribution < -0.4 is 4.74 Å². The number of methoxy groups -OCH3 is 1. The van der Waals surface area contributed by atoms with Crippen molar-refractivity contribution in [2.75, 3.05) is 26.7 Å². The molecule has 36 heavy (non-hydrogen) atoms. The van der Waals surface area contributed by atoms with Crippen molar-refractivity contribution < 1.29 is 23.5 Å². The maximum absolute atomic E-state index is 14.2. The number of carbonyl (C=O) groups is 2. The fourth-order valence-electron chi connectivity index (χ4n) is 4.22. The van der Waals surface area contributed by atoms with Crippen molar-refractivity contribution in [3.05, 3.63) is 83.7 Å². The molecule has 0 spiro atoms. The summed E-state index contributed by atoms with van der Waals surface area (Å²) < 4.78 is 27.3. The van der Waals surface area contributed by atoms with Crippen LogP contribution in [0, 0.1) is 12.7 Å². The van der Waals surface area contributed by atoms with Crippen molar-refractivity contribution in [1.29, 1.82) is 0 Å². The number of rotatable bonds is 9. The van der Waals surface area contributed by atoms with Gasteiger partial charge in [0.25, 0.3) is 0 Å². The maximum Gasteiger partial charge on any atom is 0.242 e. The molecule has 1 unspecified atom stereocenters. The van der Waals surface area contributed by atoms with Gasteiger partial charge in [-0.05, 0) is 30.7 Å². The number of hydrogen-bond donors (Lipinski definition) is 0. The topological polar surface area (TPSA) is 76.9 Å². The van der Waals surface area contributed by atoms with Crippen molar-refractivity contribution in [3.63, 3.8) is 0 Å². The average molecular weight is 495 g/mol. The van der Waals surface area contributed by atoms with E-state index in [0.29, 0.717) is 25.2 Å². The first-order valence-electron chi connectivity index (χ1n) is 11.9. The summed E-state index contributed by atoms with van der Waals surface area (Å²) in [5.74, 6) is 0.918. The van der Waals surface area contributed by atoms with Crippen LogP contribution in [0.25, 0.3) is 0 Å². The van der Waals surface area contributed by atoms with E-state index < -0.39 is 6.10 Å². The molecule has 1 aliphatic rings. The van der Waals surface area contributed by atoms with Gasteiger partial charge in [0.2, 0.25) is 11.8 Å². The Labute approximate surface area is 210 Å². The van der Waals surface area contributed by atoms with Gasteiger partial charge in [-0.15, -0.1) is 0 Å². The van der Waals surface area contributed by atoms with Crippen LogP contribution in [0.1, 0.15) is 23.4 Å². The van der Waals surface area contributed by atoms with Gasteiger partial charge in [0.1, 0.15) is 17.4 Å². The van der Waals surface area contributed by atoms with E-state index in [0.717, 1.165) is 17.1 Å². The average Bonchev–Trinajstić information content (AvgIpc) is 3.23. The number of benzene rings is 2. The molecule has 0 aliphatic carbocycles. The number of ether oxygens (including phenoxy) is 2. The number of hydrogen-bond acceptors (Lipinski definition) is 5. The quantitative estimate of drug-likeness (QED) is 0.457. The van der Waals surface area contributed by atoms with Gasteiger partial charge < -0.3 is 23.8 Å². The molecule has 1 saturated heterocycles. The summed E-state index contributed by atoms with van der Waals surface area (Å²) in [6.07, 6.45) is 3.29. The van der Waals surface area contributed by atoms with Crippen LogP contribution in [-0.4, -0.2) is 64.0 Å². The Morgan fingerprint density at radius 1 is 1.14 bits per heavy atom. The molecule has 0 radical (unpaired) electrons. The molecule has 0 bridgehead atoms. The first-order valence-corrected chi connectivity index (χ1v) is 11.9. The molecule has 2 aromatic carbocycles. The SMILES string of the molecule is COc1ccc(CN2CC(OCc3ccccc3F)CN(C(=O)CCn3ccnc3C)CC2=O)cc1. The minimum Gasteiger partial charge on any atom is -0.497 e. The fraction of sp³-hybridized carbons (Fsp3) is 0.370. The van der Waals surface area contributed by atoms with Gasteiger partial charge in [-0.1, -0.05) is 30.3 Å². The van der Waals surface area contributed by atoms with E-state index in [2.05, 4.69) is 4.98 Å². The van der Waals surface area contributed by atoms with Gasteiger partial charge >= 0.3 is 0 Å². The normalized spacial score (nSPS) is 16.2. The number of amides is 2. The van der Waals surface area contributed by atoms with Crippen LogP contribution in [0.5, 0.6) is 5.75 Å². The van der Waals surface area contributed by atoms with Gasteiger partial charge in [0.15, 0.2) is 0 Å². The Balaban J connectivity index is 1.47. The van der Waals surface area contributed by atoms with Crippen LogP contribution in [0.3, 0.4) is 0 Å². The molecule has 4 rings (SSSR count). The zero-order valence-electron chi connectivity index (χ0n) is 20.6. The second-order valence-electron chi connectivity index (χ2n) is 8.84. The number of aryl methyl sites for hydroxylation is 2. The summed E-state index contributed by atoms with van der Waals surface area (Å²) in [7, 11) is 1.60. The minimum atomic E-state index is -0.465. The number of halogens is 1. The predicted octanol–water partition coefficient (Wildman–Crippen LogP) is 3.19. The summed E-state index contributed by atoms with van der Waals surface area (Å²) in [5, 5.41) is 0. The first kappa shape index (κ1) is 25.4. The second-order valence-corrected chi connectivity index (χ2v) is 8.84. The lowest BCUT2D eigenvalue weighted by Crippen LogP contribution is -2.40. The zero-order chi connectivity index (χ0) is 25.5. The standard InChI is InChI=1S/C27H31FN4O4/c1-20-29-12-14-30(20)13-11-26(33)32-17-24(36-19-22-5-3-4-6-25(22)28)16-31(27(34)18-32)15-21-7-9-23(35-2)10-8-21/h3-10,12,14,24H,11,13,15-19H2,1-2H3. The smallest absolute Gasteiger partial charge is 0.242 e. The lowest BCUT2D eigenvalue weighted by Gasteiger charge is -2.25. The summed E-state index contributed by atoms with van der Waals surface area (Å²) in [6.45, 7) is 3.30. The molecule has 2 amide bonds. The van der Waals surface area contributed by atoms with Gasteiger partial charge in [0, 0.05) is 50.6 Å². The van der Waals surface area contributed by atoms with Crippen LogP contribution in [0.2, 0.25) is 0 Å². The molecule has 190 valence electrons. The van der Waals surface area contributed by atoms with E-state index >= 15 is 0 Å². The largest absolute Gasteiger partial charge is 0.497 e. The summed E-state index contributed by atoms with van der Waals surface area (Å²) >= 11 is 0. The minimum absolute atomic E-state index is 0.0303. The Kier molecular flexibility index (Phi) is 8.32. The monoisotopic (exact) mass is 494 g/mol. The zero-order valence-corrected chi connectivity index (χ0v) is 20.6. The molecular weight excluding hydrogens is 463 g/mol. The number of imidazole rings is 1. The summed E-state index contributed by atoms with van der Waals surface area (Å²) in [6, 6.07) is 13.9. The molecular formula is C27H31FN4O4. The van der Waals surface area contributed by atoms with Crippen molar-refractivity contribution in [2.45, 2.75) is 39.1 Å². The third-order valence-corrected chi connectivity index (χ3v) is 6.33. The predicted molar refractivity (Wildman–Crippen MR) is 132 cm³/mol. The number of aromatic nitrogens is 2. The van der Waals surface area contributed by atoms with Crippen LogP contribution in [0.4, 0.5) is 4.39 Å². The van der Waals surface area contributed by atoms with E-state index in [1.165, 1.54) is 6.07 Å². The van der Waals surface area contributed by atoms with E-state index in [1.54, 1.807) is 41.3 Å². The molecule has 3 aromatic rings. The Hall–Kier alpha value is -3.72. The van der Waals surface area contributed by atoms with Crippen LogP contribution >= 0.6 is 0 Å². The number of carbonyl (C=O) groups excluding carboxylic acids is 2. The summed E-state index contributed by atoms with van der Waals surface area (Å²) in [4.78, 5) is 33.7. The highest BCUT2D eigenvalue weighted by Crippen LogP contribution is 2.18. The van der Waals surface area contributed by atoms with E-state index in [9.17, 15) is 14.0 Å². The molecule has 1 atom stereocenters. The molecule has 1 aliphatic heterocycles. The number of nitrogens with zero attached hydrogens (tertiary/aromatic N) is 4. The third kappa shape index (κ3) is 6.48. The highest BCUT2D eigenvalue weighted by molar-refractivity contribution is 5.85. The van der Waals surface area contributed by atoms with E-state index in [1.807, 2.05) is 42.0 Å². The van der Waals surface area contributed by atoms with Gasteiger partial charge in [-0.3, -0.25) is 9.59 Å². The lowest BCUT2D eigenvalue weighted by atomic mass is 10.2. The van der Waals surface area contributed by atoms with E-state index in [-0.39, 0.29) is 43.7 Å². The van der Waals surface area contributed by atoms with E-state index in [4.69, 9.17) is 9.47 Å². The first-order chi connectivity index (χ1) is 17.4. The van der Waals surface area contributed by atoms with Gasteiger partial charge in [0.05, 0.1) is 26.4 Å². The van der Waals surface area contributed by atoms with Crippen molar-refractivity contribution >= 4 is 11.8 Å². The Morgan fingerprint density at radius 3 is 2.61 bits per heavy atom. The molecule has 8 nitrogen and oxygen atoms in total. The van der Waals surface area contributed by atoms with Crippen molar-refractivity contribution in [1.82, 2.24) is 19.4 Å². The lowest BCUT2D eigenvalue weighted by molar-refractivity contribution is -0.139. The highest BCUT2D eigenvalue weighted by Gasteiger charge is 2.31. The molecule has 9 heteroatoms. The molecule has 1 fully saturated rings. The Morgan fingerprint density at radius 2 is 1.92 bits per heavy atom. The Bertz CT molecular complexity index is 1180. The second kappa shape index (κ2) is 11.8. The highest BCUT2D eigenvalue weighted by atomic mass is 19.1. The van der Waals surface area contributed by atoms with Crippen molar-refractivity contribution in [2.24, 2.45) is 0 Å². The maximum atomic E-state index is 14.2. The third-order valence-electron chi connectivity index (χ3n) is 6.33. The molecule has 0 saturated carbocycles. The molecule has 0 N–H and O–H groups in total. The summed E-state index contributed by atoms with van der Waals surface area (Å²) in [5.41, 5.74) is 1.37.